The first-order valence-corrected chi connectivity index (χ1v) is 30.3. The van der Waals surface area contributed by atoms with Gasteiger partial charge in [-0.2, -0.15) is 0 Å². The van der Waals surface area contributed by atoms with E-state index in [0.717, 1.165) is 66.2 Å². The van der Waals surface area contributed by atoms with Crippen LogP contribution in [0.2, 0.25) is 0 Å². The van der Waals surface area contributed by atoms with Crippen LogP contribution in [0.5, 0.6) is 0 Å². The van der Waals surface area contributed by atoms with E-state index in [1.807, 2.05) is 0 Å². The molecule has 0 N–H and O–H groups in total. The summed E-state index contributed by atoms with van der Waals surface area (Å²) in [6.07, 6.45) is 8.97. The maximum absolute atomic E-state index is 7.22. The lowest BCUT2D eigenvalue weighted by atomic mass is 9.32. The average Bonchev–Trinajstić information content (AvgIpc) is 2.95. The zero-order chi connectivity index (χ0) is 55.1. The Bertz CT molecular complexity index is 4310. The van der Waals surface area contributed by atoms with Gasteiger partial charge in [0, 0.05) is 55.9 Å². The SMILES string of the molecule is CC(C)(C)c1ccc(N2c3cc(N4c5ccccc5C5(C)CCCCC45C)cc4c3B(c3cc5c(cc3N4c3cccc4c3oc3ccccc34)C(C)(C)CCC5(C)C)c3c2ccc2c3CCc3ccccc3-2)c(-c2ccccc2)c1. The lowest BCUT2D eigenvalue weighted by molar-refractivity contribution is 0.195. The monoisotopic (exact) mass is 1050 g/mol. The fourth-order valence-corrected chi connectivity index (χ4v) is 16.7. The minimum absolute atomic E-state index is 0.0143. The first-order chi connectivity index (χ1) is 39.0. The minimum atomic E-state index is -0.173. The summed E-state index contributed by atoms with van der Waals surface area (Å²) >= 11 is 0. The third-order valence-corrected chi connectivity index (χ3v) is 21.3. The number of aryl methyl sites for hydroxylation is 1. The van der Waals surface area contributed by atoms with E-state index < -0.39 is 0 Å². The summed E-state index contributed by atoms with van der Waals surface area (Å²) in [5.41, 5.74) is 29.4. The molecular weight excluding hydrogens is 982 g/mol. The molecule has 2 unspecified atom stereocenters. The van der Waals surface area contributed by atoms with Crippen molar-refractivity contribution in [3.8, 4) is 22.3 Å². The van der Waals surface area contributed by atoms with E-state index in [2.05, 4.69) is 253 Å². The smallest absolute Gasteiger partial charge is 0.252 e. The highest BCUT2D eigenvalue weighted by Gasteiger charge is 2.58. The molecule has 1 fully saturated rings. The normalized spacial score (nSPS) is 20.7. The summed E-state index contributed by atoms with van der Waals surface area (Å²) in [6, 6.07) is 68.5. The minimum Gasteiger partial charge on any atom is -0.454 e. The first kappa shape index (κ1) is 49.1. The van der Waals surface area contributed by atoms with Crippen molar-refractivity contribution in [2.45, 2.75) is 141 Å². The van der Waals surface area contributed by atoms with Gasteiger partial charge < -0.3 is 19.1 Å². The molecule has 0 spiro atoms. The predicted octanol–water partition coefficient (Wildman–Crippen LogP) is 18.5. The molecule has 0 radical (unpaired) electrons. The molecule has 0 amide bonds. The number of benzene rings is 9. The molecule has 3 aliphatic heterocycles. The Labute approximate surface area is 479 Å². The summed E-state index contributed by atoms with van der Waals surface area (Å²) in [6.45, 7) is 22.1. The van der Waals surface area contributed by atoms with Crippen LogP contribution in [-0.4, -0.2) is 12.3 Å². The molecule has 6 aliphatic rings. The Kier molecular flexibility index (Phi) is 10.3. The van der Waals surface area contributed by atoms with Crippen LogP contribution < -0.4 is 31.1 Å². The van der Waals surface area contributed by atoms with Crippen LogP contribution in [-0.2, 0) is 34.5 Å². The standard InChI is InChI=1S/C76H72BN3O/c1-72(2,3)49-33-36-61(56(42-49)47-22-11-10-12-23-47)78-63-37-35-52-51-25-14-13-24-48(51)32-34-54(52)69(63)77-60-45-58-59(74(6,7)41-40-73(58,4)5)46-65(60)79(64-30-21-27-55-53-26-15-18-31-68(53)81-71(55)64)67-44-50(43-66(78)70(67)77)80-62-29-17-16-28-57(62)75(8)38-19-20-39-76(75,80)9/h10-18,21-31,33,35-37,42-46H,19-20,32,34,38-41H2,1-9H3. The van der Waals surface area contributed by atoms with E-state index in [-0.39, 0.29) is 33.9 Å². The molecule has 5 heteroatoms. The van der Waals surface area contributed by atoms with Gasteiger partial charge in [0.25, 0.3) is 6.71 Å². The average molecular weight is 1050 g/mol. The van der Waals surface area contributed by atoms with Gasteiger partial charge in [-0.05, 0) is 183 Å². The van der Waals surface area contributed by atoms with Crippen molar-refractivity contribution >= 4 is 90.5 Å². The van der Waals surface area contributed by atoms with E-state index in [4.69, 9.17) is 4.42 Å². The Hall–Kier alpha value is -7.76. The van der Waals surface area contributed by atoms with Gasteiger partial charge >= 0.3 is 0 Å². The van der Waals surface area contributed by atoms with Crippen LogP contribution in [0.3, 0.4) is 0 Å². The summed E-state index contributed by atoms with van der Waals surface area (Å²) in [4.78, 5) is 8.25. The van der Waals surface area contributed by atoms with E-state index >= 15 is 0 Å². The predicted molar refractivity (Wildman–Crippen MR) is 343 cm³/mol. The van der Waals surface area contributed by atoms with Crippen molar-refractivity contribution in [2.75, 3.05) is 14.7 Å². The summed E-state index contributed by atoms with van der Waals surface area (Å²) in [5, 5.41) is 2.28. The lowest BCUT2D eigenvalue weighted by Gasteiger charge is -2.51. The number of para-hydroxylation sites is 3. The molecule has 0 bridgehead atoms. The molecule has 81 heavy (non-hydrogen) atoms. The molecule has 10 aromatic rings. The van der Waals surface area contributed by atoms with Gasteiger partial charge in [0.2, 0.25) is 0 Å². The van der Waals surface area contributed by atoms with Crippen LogP contribution in [0.4, 0.5) is 45.5 Å². The summed E-state index contributed by atoms with van der Waals surface area (Å²) in [5.74, 6) is 0. The zero-order valence-electron chi connectivity index (χ0n) is 48.7. The number of hydrogen-bond donors (Lipinski definition) is 0. The molecule has 2 atom stereocenters. The number of anilines is 8. The third kappa shape index (κ3) is 6.78. The highest BCUT2D eigenvalue weighted by atomic mass is 16.3. The lowest BCUT2D eigenvalue weighted by Crippen LogP contribution is -2.63. The largest absolute Gasteiger partial charge is 0.454 e. The summed E-state index contributed by atoms with van der Waals surface area (Å²) in [7, 11) is 0. The number of nitrogens with zero attached hydrogens (tertiary/aromatic N) is 3. The fraction of sp³-hybridized carbons (Fsp3) is 0.289. The van der Waals surface area contributed by atoms with Crippen molar-refractivity contribution in [1.29, 1.82) is 0 Å². The number of furan rings is 1. The van der Waals surface area contributed by atoms with Crippen LogP contribution >= 0.6 is 0 Å². The van der Waals surface area contributed by atoms with Crippen molar-refractivity contribution in [1.82, 2.24) is 0 Å². The first-order valence-electron chi connectivity index (χ1n) is 30.3. The Morgan fingerprint density at radius 3 is 1.94 bits per heavy atom. The Balaban J connectivity index is 1.10. The Morgan fingerprint density at radius 1 is 0.469 bits per heavy atom. The maximum atomic E-state index is 7.22. The molecule has 4 nitrogen and oxygen atoms in total. The molecular formula is C76H72BN3O. The van der Waals surface area contributed by atoms with Gasteiger partial charge in [0.1, 0.15) is 5.58 Å². The topological polar surface area (TPSA) is 22.9 Å². The van der Waals surface area contributed by atoms with Crippen molar-refractivity contribution in [2.24, 2.45) is 0 Å². The van der Waals surface area contributed by atoms with E-state index in [1.54, 1.807) is 0 Å². The van der Waals surface area contributed by atoms with E-state index in [1.165, 1.54) is 125 Å². The number of rotatable bonds is 4. The second-order valence-corrected chi connectivity index (χ2v) is 27.7. The highest BCUT2D eigenvalue weighted by Crippen LogP contribution is 2.62. The van der Waals surface area contributed by atoms with Crippen LogP contribution in [0.25, 0.3) is 44.2 Å². The molecule has 3 aliphatic carbocycles. The van der Waals surface area contributed by atoms with Crippen LogP contribution in [0.1, 0.15) is 134 Å². The van der Waals surface area contributed by atoms with Crippen LogP contribution in [0.15, 0.2) is 180 Å². The van der Waals surface area contributed by atoms with Gasteiger partial charge in [-0.15, -0.1) is 0 Å². The van der Waals surface area contributed by atoms with Gasteiger partial charge in [-0.1, -0.05) is 190 Å². The van der Waals surface area contributed by atoms with Crippen molar-refractivity contribution in [3.63, 3.8) is 0 Å². The van der Waals surface area contributed by atoms with Crippen molar-refractivity contribution in [3.05, 3.63) is 209 Å². The number of hydrogen-bond acceptors (Lipinski definition) is 4. The molecule has 4 heterocycles. The van der Waals surface area contributed by atoms with Gasteiger partial charge in [0.15, 0.2) is 5.58 Å². The maximum Gasteiger partial charge on any atom is 0.252 e. The second-order valence-electron chi connectivity index (χ2n) is 27.7. The molecule has 400 valence electrons. The Morgan fingerprint density at radius 2 is 1.14 bits per heavy atom. The third-order valence-electron chi connectivity index (χ3n) is 21.3. The quantitative estimate of drug-likeness (QED) is 0.164. The van der Waals surface area contributed by atoms with E-state index in [0.29, 0.717) is 0 Å². The second kappa shape index (κ2) is 16.9. The van der Waals surface area contributed by atoms with Gasteiger partial charge in [0.05, 0.1) is 16.9 Å². The van der Waals surface area contributed by atoms with E-state index in [9.17, 15) is 0 Å². The highest BCUT2D eigenvalue weighted by molar-refractivity contribution is 7.00. The molecule has 9 aromatic carbocycles. The molecule has 1 aromatic heterocycles. The van der Waals surface area contributed by atoms with Crippen LogP contribution in [0, 0.1) is 0 Å². The van der Waals surface area contributed by atoms with Crippen molar-refractivity contribution < 1.29 is 4.42 Å². The fourth-order valence-electron chi connectivity index (χ4n) is 16.7. The number of fused-ring (bicyclic) bond motifs is 15. The van der Waals surface area contributed by atoms with Gasteiger partial charge in [-0.25, -0.2) is 0 Å². The molecule has 0 saturated heterocycles. The summed E-state index contributed by atoms with van der Waals surface area (Å²) < 4.78 is 7.22. The molecule has 16 rings (SSSR count). The zero-order valence-corrected chi connectivity index (χ0v) is 48.7. The van der Waals surface area contributed by atoms with Gasteiger partial charge in [-0.3, -0.25) is 0 Å². The molecule has 1 saturated carbocycles.